The molecule has 2 aliphatic rings. The molecule has 0 aromatic heterocycles. The van der Waals surface area contributed by atoms with Gasteiger partial charge in [0.1, 0.15) is 0 Å². The van der Waals surface area contributed by atoms with Gasteiger partial charge in [-0.05, 0) is 24.8 Å². The summed E-state index contributed by atoms with van der Waals surface area (Å²) in [6.07, 6.45) is 3.96. The van der Waals surface area contributed by atoms with Crippen molar-refractivity contribution in [1.82, 2.24) is 10.2 Å². The zero-order valence-corrected chi connectivity index (χ0v) is 12.3. The summed E-state index contributed by atoms with van der Waals surface area (Å²) < 4.78 is 0. The van der Waals surface area contributed by atoms with Gasteiger partial charge in [0.15, 0.2) is 0 Å². The van der Waals surface area contributed by atoms with Crippen LogP contribution < -0.4 is 5.32 Å². The predicted molar refractivity (Wildman–Crippen MR) is 80.8 cm³/mol. The molecule has 1 heterocycles. The maximum Gasteiger partial charge on any atom is 0.222 e. The first-order valence-electron chi connectivity index (χ1n) is 7.86. The average Bonchev–Trinajstić information content (AvgIpc) is 3.14. The van der Waals surface area contributed by atoms with E-state index in [9.17, 15) is 9.59 Å². The number of hydrogen-bond acceptors (Lipinski definition) is 2. The number of nitrogens with zero attached hydrogens (tertiary/aromatic N) is 1. The zero-order valence-electron chi connectivity index (χ0n) is 12.3. The third-order valence-corrected chi connectivity index (χ3v) is 4.37. The van der Waals surface area contributed by atoms with Crippen molar-refractivity contribution in [3.8, 4) is 0 Å². The Bertz CT molecular complexity index is 515. The summed E-state index contributed by atoms with van der Waals surface area (Å²) in [5.74, 6) is 0.835. The van der Waals surface area contributed by atoms with Gasteiger partial charge in [-0.3, -0.25) is 9.59 Å². The number of benzene rings is 1. The molecular formula is C17H22N2O2. The van der Waals surface area contributed by atoms with E-state index in [1.165, 1.54) is 5.56 Å². The molecule has 1 aliphatic heterocycles. The monoisotopic (exact) mass is 286 g/mol. The molecule has 0 bridgehead atoms. The van der Waals surface area contributed by atoms with Gasteiger partial charge in [-0.15, -0.1) is 0 Å². The molecule has 4 heteroatoms. The Hall–Kier alpha value is -1.84. The number of rotatable bonds is 6. The van der Waals surface area contributed by atoms with Crippen LogP contribution >= 0.6 is 0 Å². The van der Waals surface area contributed by atoms with Crippen LogP contribution in [0.1, 0.15) is 43.6 Å². The predicted octanol–water partition coefficient (Wildman–Crippen LogP) is 2.06. The first-order chi connectivity index (χ1) is 10.2. The van der Waals surface area contributed by atoms with Gasteiger partial charge in [0, 0.05) is 37.9 Å². The minimum atomic E-state index is 0.116. The Morgan fingerprint density at radius 3 is 2.81 bits per heavy atom. The van der Waals surface area contributed by atoms with Crippen LogP contribution in [-0.2, 0) is 9.59 Å². The maximum absolute atomic E-state index is 11.9. The molecule has 3 rings (SSSR count). The fourth-order valence-corrected chi connectivity index (χ4v) is 3.07. The smallest absolute Gasteiger partial charge is 0.222 e. The molecule has 1 saturated carbocycles. The normalized spacial score (nSPS) is 24.2. The van der Waals surface area contributed by atoms with Gasteiger partial charge in [-0.25, -0.2) is 0 Å². The number of nitrogens with one attached hydrogen (secondary N) is 1. The van der Waals surface area contributed by atoms with Crippen LogP contribution in [0.4, 0.5) is 0 Å². The van der Waals surface area contributed by atoms with Gasteiger partial charge in [0.25, 0.3) is 0 Å². The van der Waals surface area contributed by atoms with Crippen molar-refractivity contribution in [2.45, 2.75) is 44.1 Å². The van der Waals surface area contributed by atoms with Crippen LogP contribution in [0.15, 0.2) is 30.3 Å². The van der Waals surface area contributed by atoms with Gasteiger partial charge in [0.2, 0.25) is 11.8 Å². The van der Waals surface area contributed by atoms with Gasteiger partial charge in [-0.2, -0.15) is 0 Å². The fourth-order valence-electron chi connectivity index (χ4n) is 3.07. The van der Waals surface area contributed by atoms with E-state index in [4.69, 9.17) is 0 Å². The third kappa shape index (κ3) is 3.63. The van der Waals surface area contributed by atoms with Gasteiger partial charge >= 0.3 is 0 Å². The molecule has 1 aromatic rings. The highest BCUT2D eigenvalue weighted by Gasteiger charge is 2.39. The van der Waals surface area contributed by atoms with Crippen LogP contribution in [0.5, 0.6) is 0 Å². The standard InChI is InChI=1S/C17H22N2O2/c20-16(8-4-10-19-11-5-9-17(19)21)18-15-12-14(15)13-6-2-1-3-7-13/h1-3,6-7,14-15H,4-5,8-12H2,(H,18,20)/t14-,15+/m0/s1. The molecule has 2 atom stereocenters. The lowest BCUT2D eigenvalue weighted by Crippen LogP contribution is -2.29. The topological polar surface area (TPSA) is 49.4 Å². The number of amides is 2. The third-order valence-electron chi connectivity index (χ3n) is 4.37. The summed E-state index contributed by atoms with van der Waals surface area (Å²) in [5.41, 5.74) is 1.31. The second-order valence-electron chi connectivity index (χ2n) is 6.01. The molecule has 1 aromatic carbocycles. The van der Waals surface area contributed by atoms with Crippen LogP contribution in [0.3, 0.4) is 0 Å². The SMILES string of the molecule is O=C(CCCN1CCCC1=O)N[C@@H]1C[C@H]1c1ccccc1. The molecule has 0 radical (unpaired) electrons. The largest absolute Gasteiger partial charge is 0.353 e. The van der Waals surface area contributed by atoms with E-state index in [2.05, 4.69) is 17.4 Å². The first-order valence-corrected chi connectivity index (χ1v) is 7.86. The number of carbonyl (C=O) groups is 2. The number of likely N-dealkylation sites (tertiary alicyclic amines) is 1. The van der Waals surface area contributed by atoms with Crippen molar-refractivity contribution in [1.29, 1.82) is 0 Å². The van der Waals surface area contributed by atoms with Crippen LogP contribution in [-0.4, -0.2) is 35.8 Å². The molecule has 21 heavy (non-hydrogen) atoms. The lowest BCUT2D eigenvalue weighted by Gasteiger charge is -2.14. The molecule has 2 fully saturated rings. The molecule has 1 saturated heterocycles. The fraction of sp³-hybridized carbons (Fsp3) is 0.529. The maximum atomic E-state index is 11.9. The summed E-state index contributed by atoms with van der Waals surface area (Å²) >= 11 is 0. The lowest BCUT2D eigenvalue weighted by atomic mass is 10.1. The van der Waals surface area contributed by atoms with E-state index < -0.39 is 0 Å². The lowest BCUT2D eigenvalue weighted by molar-refractivity contribution is -0.128. The summed E-state index contributed by atoms with van der Waals surface area (Å²) in [6.45, 7) is 1.58. The van der Waals surface area contributed by atoms with E-state index in [-0.39, 0.29) is 11.8 Å². The minimum Gasteiger partial charge on any atom is -0.353 e. The number of hydrogen-bond donors (Lipinski definition) is 1. The Kier molecular flexibility index (Phi) is 4.23. The molecule has 1 aliphatic carbocycles. The van der Waals surface area contributed by atoms with E-state index in [0.717, 1.165) is 32.4 Å². The van der Waals surface area contributed by atoms with Crippen molar-refractivity contribution in [2.75, 3.05) is 13.1 Å². The molecule has 0 spiro atoms. The molecule has 112 valence electrons. The van der Waals surface area contributed by atoms with Crippen molar-refractivity contribution in [2.24, 2.45) is 0 Å². The Morgan fingerprint density at radius 2 is 2.10 bits per heavy atom. The first kappa shape index (κ1) is 14.1. The van der Waals surface area contributed by atoms with Crippen molar-refractivity contribution >= 4 is 11.8 Å². The van der Waals surface area contributed by atoms with Crippen molar-refractivity contribution in [3.05, 3.63) is 35.9 Å². The highest BCUT2D eigenvalue weighted by Crippen LogP contribution is 2.40. The quantitative estimate of drug-likeness (QED) is 0.870. The van der Waals surface area contributed by atoms with Crippen LogP contribution in [0.25, 0.3) is 0 Å². The van der Waals surface area contributed by atoms with Crippen LogP contribution in [0, 0.1) is 0 Å². The van der Waals surface area contributed by atoms with Gasteiger partial charge < -0.3 is 10.2 Å². The summed E-state index contributed by atoms with van der Waals surface area (Å²) in [4.78, 5) is 25.2. The number of carbonyl (C=O) groups excluding carboxylic acids is 2. The highest BCUT2D eigenvalue weighted by molar-refractivity contribution is 5.78. The average molecular weight is 286 g/mol. The second-order valence-corrected chi connectivity index (χ2v) is 6.01. The summed E-state index contributed by atoms with van der Waals surface area (Å²) in [7, 11) is 0. The zero-order chi connectivity index (χ0) is 14.7. The molecular weight excluding hydrogens is 264 g/mol. The van der Waals surface area contributed by atoms with Crippen molar-refractivity contribution in [3.63, 3.8) is 0 Å². The van der Waals surface area contributed by atoms with Gasteiger partial charge in [-0.1, -0.05) is 30.3 Å². The summed E-state index contributed by atoms with van der Waals surface area (Å²) in [6, 6.07) is 10.6. The summed E-state index contributed by atoms with van der Waals surface area (Å²) in [5, 5.41) is 3.10. The van der Waals surface area contributed by atoms with E-state index >= 15 is 0 Å². The second kappa shape index (κ2) is 6.29. The Labute approximate surface area is 125 Å². The Morgan fingerprint density at radius 1 is 1.29 bits per heavy atom. The van der Waals surface area contributed by atoms with E-state index in [1.54, 1.807) is 0 Å². The molecule has 4 nitrogen and oxygen atoms in total. The van der Waals surface area contributed by atoms with Crippen LogP contribution in [0.2, 0.25) is 0 Å². The Balaban J connectivity index is 1.35. The molecule has 2 amide bonds. The molecule has 1 N–H and O–H groups in total. The van der Waals surface area contributed by atoms with Gasteiger partial charge in [0.05, 0.1) is 0 Å². The van der Waals surface area contributed by atoms with Crippen molar-refractivity contribution < 1.29 is 9.59 Å². The molecule has 0 unspecified atom stereocenters. The minimum absolute atomic E-state index is 0.116. The van der Waals surface area contributed by atoms with E-state index in [1.807, 2.05) is 23.1 Å². The highest BCUT2D eigenvalue weighted by atomic mass is 16.2. The van der Waals surface area contributed by atoms with E-state index in [0.29, 0.717) is 24.8 Å².